The molecule has 0 bridgehead atoms. The summed E-state index contributed by atoms with van der Waals surface area (Å²) in [7, 11) is 0. The minimum Gasteiger partial charge on any atom is -0.504 e. The smallest absolute Gasteiger partial charge is 0.338 e. The largest absolute Gasteiger partial charge is 0.504 e. The Labute approximate surface area is 189 Å². The average molecular weight is 484 g/mol. The number of phenolic OH excluding ortho intramolecular Hbond substituents is 6. The lowest BCUT2D eigenvalue weighted by atomic mass is 9.96. The first kappa shape index (κ1) is 24.7. The monoisotopic (exact) mass is 484 g/mol. The van der Waals surface area contributed by atoms with Gasteiger partial charge in [-0.3, -0.25) is 0 Å². The number of esters is 2. The maximum Gasteiger partial charge on any atom is 0.338 e. The van der Waals surface area contributed by atoms with Crippen molar-refractivity contribution in [3.8, 4) is 34.5 Å². The lowest BCUT2D eigenvalue weighted by molar-refractivity contribution is -0.191. The zero-order valence-electron chi connectivity index (χ0n) is 17.0. The molecule has 9 N–H and O–H groups in total. The Bertz CT molecular complexity index is 1070. The van der Waals surface area contributed by atoms with Crippen LogP contribution in [0.5, 0.6) is 34.5 Å². The molecule has 1 aliphatic heterocycles. The Morgan fingerprint density at radius 2 is 1.21 bits per heavy atom. The van der Waals surface area contributed by atoms with Crippen molar-refractivity contribution in [2.45, 2.75) is 24.1 Å². The Kier molecular flexibility index (Phi) is 6.60. The fraction of sp³-hybridized carbons (Fsp3) is 0.300. The number of hydrogen-bond acceptors (Lipinski definition) is 14. The minimum absolute atomic E-state index is 0.370. The van der Waals surface area contributed by atoms with Crippen molar-refractivity contribution in [2.24, 2.45) is 0 Å². The first-order valence-corrected chi connectivity index (χ1v) is 9.43. The number of rotatable bonds is 6. The van der Waals surface area contributed by atoms with E-state index in [1.165, 1.54) is 0 Å². The van der Waals surface area contributed by atoms with E-state index < -0.39 is 89.3 Å². The number of carbonyl (C=O) groups is 2. The number of phenols is 6. The van der Waals surface area contributed by atoms with Gasteiger partial charge in [0.1, 0.15) is 25.4 Å². The van der Waals surface area contributed by atoms with Gasteiger partial charge in [-0.05, 0) is 24.3 Å². The van der Waals surface area contributed by atoms with Crippen molar-refractivity contribution in [1.29, 1.82) is 0 Å². The molecule has 1 aliphatic rings. The van der Waals surface area contributed by atoms with E-state index in [1.807, 2.05) is 0 Å². The second-order valence-electron chi connectivity index (χ2n) is 7.36. The number of aliphatic hydroxyl groups is 3. The SMILES string of the molecule is O=C(OCC1O[C@@H](O)C(O)(COC(=O)c2cc(O)c(O)c(O)c2)C1O)c1cc(O)c(O)c(O)c1. The van der Waals surface area contributed by atoms with Crippen molar-refractivity contribution >= 4 is 11.9 Å². The number of carbonyl (C=O) groups excluding carboxylic acids is 2. The van der Waals surface area contributed by atoms with Crippen LogP contribution in [0.1, 0.15) is 20.7 Å². The molecule has 14 nitrogen and oxygen atoms in total. The molecule has 0 amide bonds. The third-order valence-corrected chi connectivity index (χ3v) is 5.02. The lowest BCUT2D eigenvalue weighted by Gasteiger charge is -2.27. The van der Waals surface area contributed by atoms with E-state index in [2.05, 4.69) is 0 Å². The quantitative estimate of drug-likeness (QED) is 0.172. The molecule has 14 heteroatoms. The molecule has 34 heavy (non-hydrogen) atoms. The summed E-state index contributed by atoms with van der Waals surface area (Å²) in [5, 5.41) is 87.4. The molecular formula is C20H20O14. The summed E-state index contributed by atoms with van der Waals surface area (Å²) in [4.78, 5) is 24.2. The molecule has 0 saturated carbocycles. The number of benzene rings is 2. The van der Waals surface area contributed by atoms with Gasteiger partial charge in [-0.15, -0.1) is 0 Å². The van der Waals surface area contributed by atoms with E-state index in [9.17, 15) is 55.5 Å². The third kappa shape index (κ3) is 4.55. The van der Waals surface area contributed by atoms with E-state index in [-0.39, 0.29) is 5.56 Å². The fourth-order valence-electron chi connectivity index (χ4n) is 3.06. The van der Waals surface area contributed by atoms with E-state index >= 15 is 0 Å². The summed E-state index contributed by atoms with van der Waals surface area (Å²) < 4.78 is 14.6. The predicted molar refractivity (Wildman–Crippen MR) is 105 cm³/mol. The first-order chi connectivity index (χ1) is 15.8. The number of ether oxygens (including phenoxy) is 3. The molecule has 2 aromatic carbocycles. The van der Waals surface area contributed by atoms with Gasteiger partial charge >= 0.3 is 11.9 Å². The number of aromatic hydroxyl groups is 6. The second kappa shape index (κ2) is 9.11. The third-order valence-electron chi connectivity index (χ3n) is 5.02. The van der Waals surface area contributed by atoms with Crippen molar-refractivity contribution < 1.29 is 69.8 Å². The number of hydrogen-bond donors (Lipinski definition) is 9. The van der Waals surface area contributed by atoms with Gasteiger partial charge in [0.05, 0.1) is 11.1 Å². The zero-order valence-corrected chi connectivity index (χ0v) is 17.0. The average Bonchev–Trinajstić information content (AvgIpc) is 3.00. The summed E-state index contributed by atoms with van der Waals surface area (Å²) in [5.74, 6) is -7.31. The molecule has 4 atom stereocenters. The molecule has 0 radical (unpaired) electrons. The van der Waals surface area contributed by atoms with Gasteiger partial charge in [0.25, 0.3) is 0 Å². The zero-order chi connectivity index (χ0) is 25.4. The van der Waals surface area contributed by atoms with Crippen LogP contribution in [-0.4, -0.2) is 95.2 Å². The van der Waals surface area contributed by atoms with Gasteiger partial charge in [0.15, 0.2) is 46.4 Å². The van der Waals surface area contributed by atoms with Crippen LogP contribution in [0.2, 0.25) is 0 Å². The minimum atomic E-state index is -2.57. The van der Waals surface area contributed by atoms with Crippen LogP contribution >= 0.6 is 0 Å². The molecule has 2 aromatic rings. The summed E-state index contributed by atoms with van der Waals surface area (Å²) in [6, 6.07) is 3.13. The lowest BCUT2D eigenvalue weighted by Crippen LogP contribution is -2.52. The van der Waals surface area contributed by atoms with Crippen LogP contribution in [0.15, 0.2) is 24.3 Å². The Morgan fingerprint density at radius 1 is 0.794 bits per heavy atom. The molecule has 1 saturated heterocycles. The molecule has 3 unspecified atom stereocenters. The van der Waals surface area contributed by atoms with Gasteiger partial charge in [-0.2, -0.15) is 0 Å². The molecule has 1 fully saturated rings. The van der Waals surface area contributed by atoms with Crippen molar-refractivity contribution in [3.05, 3.63) is 35.4 Å². The molecule has 0 aliphatic carbocycles. The second-order valence-corrected chi connectivity index (χ2v) is 7.36. The topological polar surface area (TPSA) is 244 Å². The van der Waals surface area contributed by atoms with Gasteiger partial charge in [0.2, 0.25) is 0 Å². The van der Waals surface area contributed by atoms with Gasteiger partial charge in [-0.25, -0.2) is 9.59 Å². The van der Waals surface area contributed by atoms with Gasteiger partial charge < -0.3 is 60.2 Å². The Morgan fingerprint density at radius 3 is 1.65 bits per heavy atom. The maximum atomic E-state index is 12.1. The fourth-order valence-corrected chi connectivity index (χ4v) is 3.06. The van der Waals surface area contributed by atoms with Crippen molar-refractivity contribution in [2.75, 3.05) is 13.2 Å². The molecule has 0 spiro atoms. The molecule has 184 valence electrons. The summed E-state index contributed by atoms with van der Waals surface area (Å²) >= 11 is 0. The van der Waals surface area contributed by atoms with Crippen LogP contribution in [0.3, 0.4) is 0 Å². The van der Waals surface area contributed by atoms with E-state index in [0.717, 1.165) is 24.3 Å². The molecule has 1 heterocycles. The Balaban J connectivity index is 1.63. The van der Waals surface area contributed by atoms with Gasteiger partial charge in [-0.1, -0.05) is 0 Å². The van der Waals surface area contributed by atoms with E-state index in [0.29, 0.717) is 0 Å². The van der Waals surface area contributed by atoms with Gasteiger partial charge in [0, 0.05) is 0 Å². The first-order valence-electron chi connectivity index (χ1n) is 9.43. The maximum absolute atomic E-state index is 12.1. The number of aliphatic hydroxyl groups excluding tert-OH is 2. The molecule has 3 rings (SSSR count). The highest BCUT2D eigenvalue weighted by atomic mass is 16.7. The molecule has 0 aromatic heterocycles. The summed E-state index contributed by atoms with van der Waals surface area (Å²) in [6.07, 6.45) is -5.53. The van der Waals surface area contributed by atoms with Crippen molar-refractivity contribution in [1.82, 2.24) is 0 Å². The summed E-state index contributed by atoms with van der Waals surface area (Å²) in [5.41, 5.74) is -3.36. The van der Waals surface area contributed by atoms with Crippen LogP contribution in [0, 0.1) is 0 Å². The van der Waals surface area contributed by atoms with Crippen LogP contribution in [-0.2, 0) is 14.2 Å². The normalized spacial score (nSPS) is 24.0. The standard InChI is InChI=1S/C20H20O14/c21-9-1-7(2-10(22)14(9)25)17(28)32-5-13-16(27)20(31,19(30)34-13)6-33-18(29)8-3-11(23)15(26)12(24)4-8/h1-4,13,16,19,21-27,30-31H,5-6H2/t13?,16?,19-,20?/m1/s1. The van der Waals surface area contributed by atoms with Crippen LogP contribution in [0.4, 0.5) is 0 Å². The highest BCUT2D eigenvalue weighted by molar-refractivity contribution is 5.91. The van der Waals surface area contributed by atoms with E-state index in [1.54, 1.807) is 0 Å². The highest BCUT2D eigenvalue weighted by Gasteiger charge is 2.56. The predicted octanol–water partition coefficient (Wildman–Crippen LogP) is -1.26. The highest BCUT2D eigenvalue weighted by Crippen LogP contribution is 2.37. The molecular weight excluding hydrogens is 464 g/mol. The van der Waals surface area contributed by atoms with Crippen LogP contribution < -0.4 is 0 Å². The summed E-state index contributed by atoms with van der Waals surface area (Å²) in [6.45, 7) is -1.75. The van der Waals surface area contributed by atoms with E-state index in [4.69, 9.17) is 14.2 Å². The van der Waals surface area contributed by atoms with Crippen molar-refractivity contribution in [3.63, 3.8) is 0 Å². The Hall–Kier alpha value is -3.98. The van der Waals surface area contributed by atoms with Crippen LogP contribution in [0.25, 0.3) is 0 Å².